The number of hydrogen-bond acceptors (Lipinski definition) is 3. The van der Waals surface area contributed by atoms with Gasteiger partial charge in [-0.05, 0) is 43.0 Å². The third-order valence-electron chi connectivity index (χ3n) is 4.38. The Kier molecular flexibility index (Phi) is 5.33. The predicted molar refractivity (Wildman–Crippen MR) is 93.5 cm³/mol. The molecule has 1 atom stereocenters. The molecule has 0 unspecified atom stereocenters. The van der Waals surface area contributed by atoms with Gasteiger partial charge in [-0.3, -0.25) is 4.79 Å². The van der Waals surface area contributed by atoms with Crippen molar-refractivity contribution in [2.45, 2.75) is 31.9 Å². The maximum absolute atomic E-state index is 12.7. The van der Waals surface area contributed by atoms with E-state index in [-0.39, 0.29) is 5.91 Å². The van der Waals surface area contributed by atoms with E-state index in [1.54, 1.807) is 24.3 Å². The molecule has 1 N–H and O–H groups in total. The maximum atomic E-state index is 12.7. The van der Waals surface area contributed by atoms with Gasteiger partial charge in [0.15, 0.2) is 0 Å². The van der Waals surface area contributed by atoms with Gasteiger partial charge in [-0.25, -0.2) is 4.79 Å². The number of amides is 1. The first-order chi connectivity index (χ1) is 12.1. The van der Waals surface area contributed by atoms with Crippen LogP contribution in [0.5, 0.6) is 5.75 Å². The van der Waals surface area contributed by atoms with Gasteiger partial charge >= 0.3 is 5.97 Å². The van der Waals surface area contributed by atoms with Gasteiger partial charge in [0.05, 0.1) is 0 Å². The Hall–Kier alpha value is -2.82. The topological polar surface area (TPSA) is 66.8 Å². The summed E-state index contributed by atoms with van der Waals surface area (Å²) in [4.78, 5) is 25.6. The zero-order valence-corrected chi connectivity index (χ0v) is 13.9. The van der Waals surface area contributed by atoms with Gasteiger partial charge in [-0.2, -0.15) is 0 Å². The molecule has 2 aromatic carbocycles. The molecule has 0 aliphatic carbocycles. The summed E-state index contributed by atoms with van der Waals surface area (Å²) >= 11 is 0. The molecule has 1 amide bonds. The molecule has 5 heteroatoms. The van der Waals surface area contributed by atoms with Gasteiger partial charge in [-0.15, -0.1) is 0 Å². The number of likely N-dealkylation sites (tertiary alicyclic amines) is 1. The van der Waals surface area contributed by atoms with E-state index in [0.717, 1.165) is 18.4 Å². The van der Waals surface area contributed by atoms with E-state index >= 15 is 0 Å². The third kappa shape index (κ3) is 4.18. The number of rotatable bonds is 5. The largest absolute Gasteiger partial charge is 0.489 e. The van der Waals surface area contributed by atoms with Crippen molar-refractivity contribution in [2.75, 3.05) is 6.54 Å². The zero-order valence-electron chi connectivity index (χ0n) is 13.9. The predicted octanol–water partition coefficient (Wildman–Crippen LogP) is 3.34. The lowest BCUT2D eigenvalue weighted by Gasteiger charge is -2.33. The number of carbonyl (C=O) groups is 2. The molecular formula is C20H21NO4. The van der Waals surface area contributed by atoms with Gasteiger partial charge in [-0.1, -0.05) is 36.4 Å². The molecule has 1 aliphatic heterocycles. The second-order valence-corrected chi connectivity index (χ2v) is 6.15. The highest BCUT2D eigenvalue weighted by atomic mass is 16.5. The fraction of sp³-hybridized carbons (Fsp3) is 0.300. The molecule has 25 heavy (non-hydrogen) atoms. The van der Waals surface area contributed by atoms with Crippen LogP contribution in [0.1, 0.15) is 35.2 Å². The quantitative estimate of drug-likeness (QED) is 0.907. The summed E-state index contributed by atoms with van der Waals surface area (Å²) in [5.41, 5.74) is 1.50. The molecule has 1 fully saturated rings. The van der Waals surface area contributed by atoms with Crippen LogP contribution in [0.15, 0.2) is 54.6 Å². The van der Waals surface area contributed by atoms with Crippen LogP contribution in [-0.2, 0) is 11.4 Å². The minimum atomic E-state index is -0.940. The van der Waals surface area contributed by atoms with E-state index in [0.29, 0.717) is 30.9 Å². The summed E-state index contributed by atoms with van der Waals surface area (Å²) in [5, 5.41) is 9.35. The van der Waals surface area contributed by atoms with Crippen LogP contribution in [0.2, 0.25) is 0 Å². The number of nitrogens with zero attached hydrogens (tertiary/aromatic N) is 1. The number of piperidine rings is 1. The highest BCUT2D eigenvalue weighted by Crippen LogP contribution is 2.22. The van der Waals surface area contributed by atoms with Crippen LogP contribution in [0.3, 0.4) is 0 Å². The van der Waals surface area contributed by atoms with E-state index < -0.39 is 12.0 Å². The van der Waals surface area contributed by atoms with E-state index in [4.69, 9.17) is 4.74 Å². The first kappa shape index (κ1) is 17.0. The Morgan fingerprint density at radius 1 is 1.08 bits per heavy atom. The van der Waals surface area contributed by atoms with Crippen molar-refractivity contribution >= 4 is 11.9 Å². The number of ether oxygens (including phenoxy) is 1. The maximum Gasteiger partial charge on any atom is 0.326 e. The number of carboxylic acid groups (broad SMARTS) is 1. The lowest BCUT2D eigenvalue weighted by Crippen LogP contribution is -2.47. The highest BCUT2D eigenvalue weighted by Gasteiger charge is 2.32. The summed E-state index contributed by atoms with van der Waals surface area (Å²) in [6, 6.07) is 16.0. The molecule has 0 bridgehead atoms. The van der Waals surface area contributed by atoms with Crippen molar-refractivity contribution in [2.24, 2.45) is 0 Å². The second-order valence-electron chi connectivity index (χ2n) is 6.15. The smallest absolute Gasteiger partial charge is 0.326 e. The zero-order chi connectivity index (χ0) is 17.6. The van der Waals surface area contributed by atoms with Crippen LogP contribution < -0.4 is 4.74 Å². The van der Waals surface area contributed by atoms with E-state index in [1.807, 2.05) is 30.3 Å². The summed E-state index contributed by atoms with van der Waals surface area (Å²) in [7, 11) is 0. The molecule has 0 spiro atoms. The van der Waals surface area contributed by atoms with Crippen LogP contribution in [-0.4, -0.2) is 34.5 Å². The van der Waals surface area contributed by atoms with Crippen molar-refractivity contribution < 1.29 is 19.4 Å². The lowest BCUT2D eigenvalue weighted by atomic mass is 10.0. The van der Waals surface area contributed by atoms with Gasteiger partial charge < -0.3 is 14.7 Å². The van der Waals surface area contributed by atoms with Crippen LogP contribution in [0.4, 0.5) is 0 Å². The molecule has 1 saturated heterocycles. The standard InChI is InChI=1S/C20H21NO4/c22-19(21-12-5-4-11-18(21)20(23)24)16-9-6-10-17(13-16)25-14-15-7-2-1-3-8-15/h1-3,6-10,13,18H,4-5,11-12,14H2,(H,23,24)/t18-/m0/s1. The molecule has 3 rings (SSSR count). The summed E-state index contributed by atoms with van der Waals surface area (Å²) in [5.74, 6) is -0.597. The van der Waals surface area contributed by atoms with Crippen molar-refractivity contribution in [3.8, 4) is 5.75 Å². The van der Waals surface area contributed by atoms with Crippen molar-refractivity contribution in [3.63, 3.8) is 0 Å². The lowest BCUT2D eigenvalue weighted by molar-refractivity contribution is -0.143. The van der Waals surface area contributed by atoms with Crippen LogP contribution in [0, 0.1) is 0 Å². The van der Waals surface area contributed by atoms with Gasteiger partial charge in [0.2, 0.25) is 0 Å². The van der Waals surface area contributed by atoms with E-state index in [1.165, 1.54) is 4.90 Å². The number of hydrogen-bond donors (Lipinski definition) is 1. The average Bonchev–Trinajstić information content (AvgIpc) is 2.67. The summed E-state index contributed by atoms with van der Waals surface area (Å²) in [6.45, 7) is 0.894. The molecule has 0 radical (unpaired) electrons. The van der Waals surface area contributed by atoms with Gasteiger partial charge in [0.25, 0.3) is 5.91 Å². The van der Waals surface area contributed by atoms with E-state index in [9.17, 15) is 14.7 Å². The van der Waals surface area contributed by atoms with Gasteiger partial charge in [0, 0.05) is 12.1 Å². The molecule has 0 saturated carbocycles. The number of benzene rings is 2. The van der Waals surface area contributed by atoms with Crippen molar-refractivity contribution in [1.82, 2.24) is 4.90 Å². The normalized spacial score (nSPS) is 17.1. The highest BCUT2D eigenvalue weighted by molar-refractivity contribution is 5.97. The molecule has 130 valence electrons. The minimum absolute atomic E-state index is 0.253. The molecule has 2 aromatic rings. The fourth-order valence-corrected chi connectivity index (χ4v) is 3.06. The first-order valence-electron chi connectivity index (χ1n) is 8.46. The Balaban J connectivity index is 1.71. The van der Waals surface area contributed by atoms with Crippen molar-refractivity contribution in [3.05, 3.63) is 65.7 Å². The summed E-state index contributed by atoms with van der Waals surface area (Å²) < 4.78 is 5.76. The minimum Gasteiger partial charge on any atom is -0.489 e. The van der Waals surface area contributed by atoms with Crippen molar-refractivity contribution in [1.29, 1.82) is 0 Å². The first-order valence-corrected chi connectivity index (χ1v) is 8.46. The monoisotopic (exact) mass is 339 g/mol. The SMILES string of the molecule is O=C(O)[C@@H]1CCCCN1C(=O)c1cccc(OCc2ccccc2)c1. The number of carboxylic acids is 1. The molecule has 5 nitrogen and oxygen atoms in total. The van der Waals surface area contributed by atoms with Crippen LogP contribution >= 0.6 is 0 Å². The molecule has 1 aliphatic rings. The summed E-state index contributed by atoms with van der Waals surface area (Å²) in [6.07, 6.45) is 2.17. The molecule has 1 heterocycles. The Morgan fingerprint density at radius 3 is 2.64 bits per heavy atom. The number of aliphatic carboxylic acids is 1. The Morgan fingerprint density at radius 2 is 1.88 bits per heavy atom. The fourth-order valence-electron chi connectivity index (χ4n) is 3.06. The average molecular weight is 339 g/mol. The Labute approximate surface area is 146 Å². The second kappa shape index (κ2) is 7.83. The Bertz CT molecular complexity index is 744. The molecule has 0 aromatic heterocycles. The third-order valence-corrected chi connectivity index (χ3v) is 4.38. The van der Waals surface area contributed by atoms with Gasteiger partial charge in [0.1, 0.15) is 18.4 Å². The van der Waals surface area contributed by atoms with Crippen LogP contribution in [0.25, 0.3) is 0 Å². The van der Waals surface area contributed by atoms with E-state index in [2.05, 4.69) is 0 Å². The molecular weight excluding hydrogens is 318 g/mol. The number of carbonyl (C=O) groups excluding carboxylic acids is 1.